The van der Waals surface area contributed by atoms with Gasteiger partial charge in [-0.15, -0.1) is 0 Å². The summed E-state index contributed by atoms with van der Waals surface area (Å²) in [7, 11) is -2.24. The summed E-state index contributed by atoms with van der Waals surface area (Å²) in [5, 5.41) is 2.91. The van der Waals surface area contributed by atoms with Gasteiger partial charge in [0.25, 0.3) is 0 Å². The molecule has 1 N–H and O–H groups in total. The number of benzene rings is 3. The molecule has 174 valence electrons. The van der Waals surface area contributed by atoms with E-state index in [0.29, 0.717) is 6.42 Å². The molecule has 0 bridgehead atoms. The Morgan fingerprint density at radius 1 is 0.970 bits per heavy atom. The van der Waals surface area contributed by atoms with Crippen molar-refractivity contribution in [2.75, 3.05) is 20.2 Å². The van der Waals surface area contributed by atoms with Gasteiger partial charge in [-0.3, -0.25) is 4.79 Å². The first-order valence-corrected chi connectivity index (χ1v) is 12.3. The normalized spacial score (nSPS) is 12.4. The van der Waals surface area contributed by atoms with E-state index in [9.17, 15) is 13.2 Å². The molecule has 33 heavy (non-hydrogen) atoms. The number of hydrogen-bond donors (Lipinski definition) is 1. The van der Waals surface area contributed by atoms with E-state index in [4.69, 9.17) is 4.74 Å². The Bertz CT molecular complexity index is 1150. The molecule has 0 aliphatic heterocycles. The number of rotatable bonds is 10. The maximum Gasteiger partial charge on any atom is 0.243 e. The zero-order chi connectivity index (χ0) is 23.8. The second-order valence-electron chi connectivity index (χ2n) is 7.95. The molecule has 3 aromatic rings. The number of carbonyl (C=O) groups excluding carboxylic acids is 1. The molecule has 0 aliphatic carbocycles. The van der Waals surface area contributed by atoms with E-state index in [1.165, 1.54) is 4.31 Å². The Balaban J connectivity index is 1.75. The van der Waals surface area contributed by atoms with Crippen molar-refractivity contribution in [1.29, 1.82) is 0 Å². The molecule has 0 fully saturated rings. The standard InChI is InChI=1S/C26H30N2O4S/c1-20-9-15-25(16-10-20)33(30,31)28(18-17-22-7-5-4-6-8-22)19-26(29)27-21(2)23-11-13-24(32-3)14-12-23/h4-16,21H,17-19H2,1-3H3,(H,27,29)/t21-/m0/s1. The van der Waals surface area contributed by atoms with Gasteiger partial charge in [-0.05, 0) is 55.7 Å². The molecular weight excluding hydrogens is 436 g/mol. The number of methoxy groups -OCH3 is 1. The number of nitrogens with zero attached hydrogens (tertiary/aromatic N) is 1. The molecule has 3 rings (SSSR count). The first-order valence-electron chi connectivity index (χ1n) is 10.8. The first kappa shape index (κ1) is 24.5. The fourth-order valence-corrected chi connectivity index (χ4v) is 4.86. The van der Waals surface area contributed by atoms with Gasteiger partial charge in [-0.2, -0.15) is 4.31 Å². The Morgan fingerprint density at radius 3 is 2.21 bits per heavy atom. The predicted octanol–water partition coefficient (Wildman–Crippen LogP) is 4.11. The first-order chi connectivity index (χ1) is 15.8. The SMILES string of the molecule is COc1ccc([C@H](C)NC(=O)CN(CCc2ccccc2)S(=O)(=O)c2ccc(C)cc2)cc1. The highest BCUT2D eigenvalue weighted by Crippen LogP contribution is 2.19. The molecule has 7 heteroatoms. The smallest absolute Gasteiger partial charge is 0.243 e. The van der Waals surface area contributed by atoms with Crippen molar-refractivity contribution in [3.63, 3.8) is 0 Å². The fraction of sp³-hybridized carbons (Fsp3) is 0.269. The van der Waals surface area contributed by atoms with Gasteiger partial charge in [0.15, 0.2) is 0 Å². The number of amides is 1. The summed E-state index contributed by atoms with van der Waals surface area (Å²) in [6, 6.07) is 23.4. The van der Waals surface area contributed by atoms with Gasteiger partial charge in [0.05, 0.1) is 24.6 Å². The average molecular weight is 467 g/mol. The molecule has 0 spiro atoms. The van der Waals surface area contributed by atoms with Gasteiger partial charge in [-0.25, -0.2) is 8.42 Å². The third-order valence-corrected chi connectivity index (χ3v) is 7.32. The summed E-state index contributed by atoms with van der Waals surface area (Å²) in [6.45, 7) is 3.70. The van der Waals surface area contributed by atoms with Crippen molar-refractivity contribution >= 4 is 15.9 Å². The summed E-state index contributed by atoms with van der Waals surface area (Å²) in [4.78, 5) is 13.0. The zero-order valence-electron chi connectivity index (χ0n) is 19.2. The van der Waals surface area contributed by atoms with Crippen LogP contribution in [0.15, 0.2) is 83.8 Å². The lowest BCUT2D eigenvalue weighted by molar-refractivity contribution is -0.121. The largest absolute Gasteiger partial charge is 0.497 e. The monoisotopic (exact) mass is 466 g/mol. The highest BCUT2D eigenvalue weighted by Gasteiger charge is 2.27. The van der Waals surface area contributed by atoms with E-state index in [-0.39, 0.29) is 29.9 Å². The van der Waals surface area contributed by atoms with Crippen LogP contribution in [0.1, 0.15) is 29.7 Å². The third kappa shape index (κ3) is 6.66. The van der Waals surface area contributed by atoms with Crippen LogP contribution in [0.4, 0.5) is 0 Å². The number of aryl methyl sites for hydroxylation is 1. The molecular formula is C26H30N2O4S. The van der Waals surface area contributed by atoms with Gasteiger partial charge in [0.1, 0.15) is 5.75 Å². The van der Waals surface area contributed by atoms with E-state index >= 15 is 0 Å². The van der Waals surface area contributed by atoms with Crippen LogP contribution in [-0.4, -0.2) is 38.8 Å². The quantitative estimate of drug-likeness (QED) is 0.488. The van der Waals surface area contributed by atoms with Gasteiger partial charge >= 0.3 is 0 Å². The minimum Gasteiger partial charge on any atom is -0.497 e. The van der Waals surface area contributed by atoms with Gasteiger partial charge < -0.3 is 10.1 Å². The Morgan fingerprint density at radius 2 is 1.61 bits per heavy atom. The van der Waals surface area contributed by atoms with Crippen LogP contribution in [0.2, 0.25) is 0 Å². The van der Waals surface area contributed by atoms with Crippen LogP contribution in [0.5, 0.6) is 5.75 Å². The van der Waals surface area contributed by atoms with E-state index in [2.05, 4.69) is 5.32 Å². The Labute approximate surface area is 196 Å². The molecule has 0 saturated carbocycles. The van der Waals surface area contributed by atoms with E-state index in [1.54, 1.807) is 31.4 Å². The van der Waals surface area contributed by atoms with Gasteiger partial charge in [-0.1, -0.05) is 60.2 Å². The van der Waals surface area contributed by atoms with Crippen LogP contribution < -0.4 is 10.1 Å². The maximum atomic E-state index is 13.4. The van der Waals surface area contributed by atoms with Crippen molar-refractivity contribution in [2.24, 2.45) is 0 Å². The van der Waals surface area contributed by atoms with Crippen LogP contribution in [-0.2, 0) is 21.2 Å². The van der Waals surface area contributed by atoms with Crippen LogP contribution in [0, 0.1) is 6.92 Å². The second-order valence-corrected chi connectivity index (χ2v) is 9.89. The number of ether oxygens (including phenoxy) is 1. The Hall–Kier alpha value is -3.16. The molecule has 0 aromatic heterocycles. The van der Waals surface area contributed by atoms with Crippen molar-refractivity contribution in [3.05, 3.63) is 95.6 Å². The van der Waals surface area contributed by atoms with Gasteiger partial charge in [0, 0.05) is 6.54 Å². The highest BCUT2D eigenvalue weighted by atomic mass is 32.2. The summed E-state index contributed by atoms with van der Waals surface area (Å²) in [6.07, 6.45) is 0.507. The lowest BCUT2D eigenvalue weighted by atomic mass is 10.1. The Kier molecular flexibility index (Phi) is 8.25. The molecule has 0 aliphatic rings. The molecule has 0 saturated heterocycles. The summed E-state index contributed by atoms with van der Waals surface area (Å²) >= 11 is 0. The lowest BCUT2D eigenvalue weighted by Gasteiger charge is -2.23. The minimum atomic E-state index is -3.84. The fourth-order valence-electron chi connectivity index (χ4n) is 3.47. The molecule has 1 amide bonds. The number of hydrogen-bond acceptors (Lipinski definition) is 4. The van der Waals surface area contributed by atoms with Crippen LogP contribution in [0.25, 0.3) is 0 Å². The molecule has 6 nitrogen and oxygen atoms in total. The second kappa shape index (κ2) is 11.1. The summed E-state index contributed by atoms with van der Waals surface area (Å²) in [5.74, 6) is 0.371. The van der Waals surface area contributed by atoms with Crippen molar-refractivity contribution < 1.29 is 17.9 Å². The molecule has 3 aromatic carbocycles. The number of sulfonamides is 1. The number of nitrogens with one attached hydrogen (secondary N) is 1. The average Bonchev–Trinajstić information content (AvgIpc) is 2.82. The van der Waals surface area contributed by atoms with E-state index < -0.39 is 10.0 Å². The summed E-state index contributed by atoms with van der Waals surface area (Å²) < 4.78 is 33.1. The zero-order valence-corrected chi connectivity index (χ0v) is 20.0. The number of carbonyl (C=O) groups is 1. The van der Waals surface area contributed by atoms with E-state index in [0.717, 1.165) is 22.4 Å². The lowest BCUT2D eigenvalue weighted by Crippen LogP contribution is -2.42. The molecule has 1 atom stereocenters. The van der Waals surface area contributed by atoms with Crippen molar-refractivity contribution in [3.8, 4) is 5.75 Å². The molecule has 0 unspecified atom stereocenters. The van der Waals surface area contributed by atoms with Crippen LogP contribution in [0.3, 0.4) is 0 Å². The third-order valence-electron chi connectivity index (χ3n) is 5.46. The highest BCUT2D eigenvalue weighted by molar-refractivity contribution is 7.89. The molecule has 0 radical (unpaired) electrons. The van der Waals surface area contributed by atoms with E-state index in [1.807, 2.05) is 68.4 Å². The van der Waals surface area contributed by atoms with Crippen molar-refractivity contribution in [1.82, 2.24) is 9.62 Å². The van der Waals surface area contributed by atoms with Gasteiger partial charge in [0.2, 0.25) is 15.9 Å². The topological polar surface area (TPSA) is 75.7 Å². The van der Waals surface area contributed by atoms with Crippen molar-refractivity contribution in [2.45, 2.75) is 31.2 Å². The summed E-state index contributed by atoms with van der Waals surface area (Å²) in [5.41, 5.74) is 2.88. The predicted molar refractivity (Wildman–Crippen MR) is 130 cm³/mol. The molecule has 0 heterocycles. The van der Waals surface area contributed by atoms with Crippen LogP contribution >= 0.6 is 0 Å². The maximum absolute atomic E-state index is 13.4. The minimum absolute atomic E-state index is 0.178.